The van der Waals surface area contributed by atoms with Crippen molar-refractivity contribution in [3.05, 3.63) is 82.8 Å². The summed E-state index contributed by atoms with van der Waals surface area (Å²) in [4.78, 5) is 12.2. The predicted octanol–water partition coefficient (Wildman–Crippen LogP) is 6.14. The number of halogens is 1. The number of carbonyl (C=O) groups is 1. The van der Waals surface area contributed by atoms with Crippen LogP contribution in [-0.4, -0.2) is 19.7 Å². The van der Waals surface area contributed by atoms with Gasteiger partial charge in [-0.05, 0) is 69.9 Å². The lowest BCUT2D eigenvalue weighted by molar-refractivity contribution is -0.128. The van der Waals surface area contributed by atoms with Gasteiger partial charge in [0.2, 0.25) is 0 Å². The van der Waals surface area contributed by atoms with Crippen LogP contribution in [0.1, 0.15) is 12.5 Å². The maximum atomic E-state index is 12.2. The lowest BCUT2D eigenvalue weighted by Gasteiger charge is -2.09. The van der Waals surface area contributed by atoms with Crippen LogP contribution in [0.3, 0.4) is 0 Å². The quantitative estimate of drug-likeness (QED) is 0.245. The zero-order chi connectivity index (χ0) is 20.6. The summed E-state index contributed by atoms with van der Waals surface area (Å²) >= 11 is 3.48. The molecule has 0 amide bonds. The molecule has 0 radical (unpaired) electrons. The number of hydrogen-bond acceptors (Lipinski definition) is 4. The molecule has 0 heterocycles. The second kappa shape index (κ2) is 9.94. The molecule has 3 rings (SSSR count). The van der Waals surface area contributed by atoms with E-state index in [1.165, 1.54) is 6.08 Å². The molecule has 0 atom stereocenters. The molecule has 0 aliphatic carbocycles. The molecular formula is C24H21BrO4. The van der Waals surface area contributed by atoms with E-state index in [1.807, 2.05) is 61.5 Å². The van der Waals surface area contributed by atoms with E-state index in [2.05, 4.69) is 15.9 Å². The van der Waals surface area contributed by atoms with E-state index < -0.39 is 5.97 Å². The first-order chi connectivity index (χ1) is 14.1. The fourth-order valence-corrected chi connectivity index (χ4v) is 3.22. The topological polar surface area (TPSA) is 44.8 Å². The Hall–Kier alpha value is -3.05. The number of rotatable bonds is 7. The van der Waals surface area contributed by atoms with E-state index in [0.717, 1.165) is 16.7 Å². The third-order valence-electron chi connectivity index (χ3n) is 4.15. The van der Waals surface area contributed by atoms with E-state index >= 15 is 0 Å². The molecule has 0 unspecified atom stereocenters. The highest BCUT2D eigenvalue weighted by Gasteiger charge is 2.08. The molecule has 5 heteroatoms. The summed E-state index contributed by atoms with van der Waals surface area (Å²) in [6.45, 7) is 2.46. The normalized spacial score (nSPS) is 10.7. The molecule has 0 aromatic heterocycles. The Labute approximate surface area is 178 Å². The average Bonchev–Trinajstić information content (AvgIpc) is 2.75. The van der Waals surface area contributed by atoms with Gasteiger partial charge < -0.3 is 14.2 Å². The van der Waals surface area contributed by atoms with Gasteiger partial charge in [-0.25, -0.2) is 4.79 Å². The van der Waals surface area contributed by atoms with E-state index in [1.54, 1.807) is 25.3 Å². The van der Waals surface area contributed by atoms with E-state index in [0.29, 0.717) is 28.3 Å². The van der Waals surface area contributed by atoms with Gasteiger partial charge in [0.1, 0.15) is 5.75 Å². The summed E-state index contributed by atoms with van der Waals surface area (Å²) in [5, 5.41) is 0. The van der Waals surface area contributed by atoms with Gasteiger partial charge >= 0.3 is 5.97 Å². The minimum atomic E-state index is -0.467. The number of esters is 1. The molecule has 3 aromatic carbocycles. The van der Waals surface area contributed by atoms with Crippen LogP contribution < -0.4 is 14.2 Å². The molecule has 0 bridgehead atoms. The number of ether oxygens (including phenoxy) is 3. The van der Waals surface area contributed by atoms with Crippen LogP contribution in [0.2, 0.25) is 0 Å². The van der Waals surface area contributed by atoms with Gasteiger partial charge in [-0.1, -0.05) is 42.5 Å². The van der Waals surface area contributed by atoms with Crippen molar-refractivity contribution in [2.24, 2.45) is 0 Å². The van der Waals surface area contributed by atoms with Crippen molar-refractivity contribution in [3.8, 4) is 28.4 Å². The molecule has 0 spiro atoms. The number of methoxy groups -OCH3 is 1. The van der Waals surface area contributed by atoms with Gasteiger partial charge in [0.15, 0.2) is 11.5 Å². The molecule has 4 nitrogen and oxygen atoms in total. The fourth-order valence-electron chi connectivity index (χ4n) is 2.76. The zero-order valence-electron chi connectivity index (χ0n) is 16.2. The van der Waals surface area contributed by atoms with Gasteiger partial charge in [0.05, 0.1) is 18.2 Å². The summed E-state index contributed by atoms with van der Waals surface area (Å²) in [5.74, 6) is 1.27. The minimum Gasteiger partial charge on any atom is -0.493 e. The predicted molar refractivity (Wildman–Crippen MR) is 118 cm³/mol. The minimum absolute atomic E-state index is 0.462. The van der Waals surface area contributed by atoms with Gasteiger partial charge in [-0.15, -0.1) is 0 Å². The van der Waals surface area contributed by atoms with Crippen molar-refractivity contribution in [2.45, 2.75) is 6.92 Å². The number of hydrogen-bond donors (Lipinski definition) is 0. The lowest BCUT2D eigenvalue weighted by atomic mass is 10.1. The van der Waals surface area contributed by atoms with Crippen LogP contribution in [0.15, 0.2) is 77.3 Å². The first-order valence-electron chi connectivity index (χ1n) is 9.16. The average molecular weight is 453 g/mol. The number of benzene rings is 3. The molecular weight excluding hydrogens is 432 g/mol. The van der Waals surface area contributed by atoms with Crippen molar-refractivity contribution < 1.29 is 19.0 Å². The van der Waals surface area contributed by atoms with Crippen molar-refractivity contribution in [1.82, 2.24) is 0 Å². The second-order valence-electron chi connectivity index (χ2n) is 6.11. The summed E-state index contributed by atoms with van der Waals surface area (Å²) < 4.78 is 17.0. The maximum Gasteiger partial charge on any atom is 0.336 e. The van der Waals surface area contributed by atoms with Gasteiger partial charge in [-0.3, -0.25) is 0 Å². The summed E-state index contributed by atoms with van der Waals surface area (Å²) in [6.07, 6.45) is 3.06. The van der Waals surface area contributed by atoms with E-state index in [-0.39, 0.29) is 0 Å². The van der Waals surface area contributed by atoms with Gasteiger partial charge in [0, 0.05) is 6.08 Å². The molecule has 148 valence electrons. The molecule has 0 aliphatic rings. The molecule has 0 fully saturated rings. The Bertz CT molecular complexity index is 1010. The van der Waals surface area contributed by atoms with Crippen molar-refractivity contribution in [2.75, 3.05) is 13.7 Å². The van der Waals surface area contributed by atoms with Gasteiger partial charge in [0.25, 0.3) is 0 Å². The SMILES string of the molecule is CCOc1ccc(/C=C/C(=O)Oc2ccc(-c3ccccc3)cc2Br)cc1OC. The molecule has 0 saturated carbocycles. The summed E-state index contributed by atoms with van der Waals surface area (Å²) in [5.41, 5.74) is 2.94. The maximum absolute atomic E-state index is 12.2. The Morgan fingerprint density at radius 3 is 2.38 bits per heavy atom. The first kappa shape index (κ1) is 20.7. The van der Waals surface area contributed by atoms with Crippen LogP contribution in [0.5, 0.6) is 17.2 Å². The van der Waals surface area contributed by atoms with Crippen LogP contribution >= 0.6 is 15.9 Å². The molecule has 0 N–H and O–H groups in total. The third kappa shape index (κ3) is 5.48. The highest BCUT2D eigenvalue weighted by atomic mass is 79.9. The summed E-state index contributed by atoms with van der Waals surface area (Å²) in [7, 11) is 1.58. The van der Waals surface area contributed by atoms with Crippen LogP contribution in [0.4, 0.5) is 0 Å². The van der Waals surface area contributed by atoms with Crippen molar-refractivity contribution in [3.63, 3.8) is 0 Å². The third-order valence-corrected chi connectivity index (χ3v) is 4.77. The Morgan fingerprint density at radius 2 is 1.69 bits per heavy atom. The largest absolute Gasteiger partial charge is 0.493 e. The first-order valence-corrected chi connectivity index (χ1v) is 9.95. The van der Waals surface area contributed by atoms with E-state index in [9.17, 15) is 4.79 Å². The smallest absolute Gasteiger partial charge is 0.336 e. The van der Waals surface area contributed by atoms with Crippen molar-refractivity contribution in [1.29, 1.82) is 0 Å². The fraction of sp³-hybridized carbons (Fsp3) is 0.125. The van der Waals surface area contributed by atoms with E-state index in [4.69, 9.17) is 14.2 Å². The highest BCUT2D eigenvalue weighted by Crippen LogP contribution is 2.31. The van der Waals surface area contributed by atoms with Crippen LogP contribution in [0.25, 0.3) is 17.2 Å². The molecule has 0 aliphatic heterocycles. The van der Waals surface area contributed by atoms with Gasteiger partial charge in [-0.2, -0.15) is 0 Å². The summed E-state index contributed by atoms with van der Waals surface area (Å²) in [6, 6.07) is 21.1. The Kier molecular flexibility index (Phi) is 7.09. The standard InChI is InChI=1S/C24H21BrO4/c1-3-28-22-12-9-17(15-23(22)27-2)10-14-24(26)29-21-13-11-19(16-20(21)25)18-7-5-4-6-8-18/h4-16H,3H2,1-2H3/b14-10+. The Balaban J connectivity index is 1.69. The molecule has 29 heavy (non-hydrogen) atoms. The zero-order valence-corrected chi connectivity index (χ0v) is 17.8. The van der Waals surface area contributed by atoms with Crippen molar-refractivity contribution >= 4 is 28.0 Å². The second-order valence-corrected chi connectivity index (χ2v) is 6.96. The molecule has 0 saturated heterocycles. The monoisotopic (exact) mass is 452 g/mol. The Morgan fingerprint density at radius 1 is 0.931 bits per heavy atom. The van der Waals surface area contributed by atoms with Crippen LogP contribution in [0, 0.1) is 0 Å². The number of carbonyl (C=O) groups excluding carboxylic acids is 1. The highest BCUT2D eigenvalue weighted by molar-refractivity contribution is 9.10. The molecule has 3 aromatic rings. The lowest BCUT2D eigenvalue weighted by Crippen LogP contribution is -2.04. The van der Waals surface area contributed by atoms with Crippen LogP contribution in [-0.2, 0) is 4.79 Å².